The highest BCUT2D eigenvalue weighted by atomic mass is 35.5. The molecule has 1 aliphatic rings. The van der Waals surface area contributed by atoms with E-state index in [1.165, 1.54) is 0 Å². The van der Waals surface area contributed by atoms with Crippen molar-refractivity contribution in [2.75, 3.05) is 0 Å². The first-order valence-electron chi connectivity index (χ1n) is 2.14. The van der Waals surface area contributed by atoms with Gasteiger partial charge in [0.25, 0.3) is 0 Å². The van der Waals surface area contributed by atoms with Gasteiger partial charge in [0.15, 0.2) is 0 Å². The molecule has 0 atom stereocenters. The molecular formula is C4H4Cl2N2. The fourth-order valence-electron chi connectivity index (χ4n) is 0.399. The minimum absolute atomic E-state index is 0.467. The van der Waals surface area contributed by atoms with Gasteiger partial charge in [0.05, 0.1) is 0 Å². The van der Waals surface area contributed by atoms with Crippen LogP contribution in [0.1, 0.15) is 6.42 Å². The van der Waals surface area contributed by atoms with Crippen LogP contribution in [0.15, 0.2) is 16.3 Å². The lowest BCUT2D eigenvalue weighted by molar-refractivity contribution is 0.629. The highest BCUT2D eigenvalue weighted by Gasteiger charge is 2.02. The standard InChI is InChI=1S/C4H4Cl2N2/c5-4-2-1-3-7-8(4)6/h2-3H,1H2. The van der Waals surface area contributed by atoms with E-state index in [4.69, 9.17) is 23.4 Å². The third-order valence-electron chi connectivity index (χ3n) is 0.751. The second-order valence-electron chi connectivity index (χ2n) is 1.32. The highest BCUT2D eigenvalue weighted by Crippen LogP contribution is 2.15. The molecule has 0 aromatic heterocycles. The summed E-state index contributed by atoms with van der Waals surface area (Å²) in [7, 11) is 0. The van der Waals surface area contributed by atoms with Crippen molar-refractivity contribution >= 4 is 29.6 Å². The van der Waals surface area contributed by atoms with Gasteiger partial charge in [-0.05, 0) is 6.08 Å². The predicted octanol–water partition coefficient (Wildman–Crippen LogP) is 1.91. The first kappa shape index (κ1) is 5.92. The minimum Gasteiger partial charge on any atom is -0.168 e. The van der Waals surface area contributed by atoms with Gasteiger partial charge in [-0.15, -0.1) is 0 Å². The van der Waals surface area contributed by atoms with Gasteiger partial charge < -0.3 is 0 Å². The Kier molecular flexibility index (Phi) is 1.76. The summed E-state index contributed by atoms with van der Waals surface area (Å²) >= 11 is 10.9. The Labute approximate surface area is 57.5 Å². The van der Waals surface area contributed by atoms with Gasteiger partial charge in [-0.1, -0.05) is 11.6 Å². The van der Waals surface area contributed by atoms with Crippen LogP contribution in [0.3, 0.4) is 0 Å². The first-order valence-corrected chi connectivity index (χ1v) is 2.86. The van der Waals surface area contributed by atoms with Crippen molar-refractivity contribution in [3.8, 4) is 0 Å². The topological polar surface area (TPSA) is 15.6 Å². The molecule has 0 amide bonds. The molecular weight excluding hydrogens is 147 g/mol. The van der Waals surface area contributed by atoms with E-state index < -0.39 is 0 Å². The van der Waals surface area contributed by atoms with E-state index in [1.54, 1.807) is 12.3 Å². The lowest BCUT2D eigenvalue weighted by atomic mass is 10.4. The molecule has 0 radical (unpaired) electrons. The van der Waals surface area contributed by atoms with Crippen LogP contribution in [0, 0.1) is 0 Å². The number of hydrazone groups is 1. The molecule has 8 heavy (non-hydrogen) atoms. The summed E-state index contributed by atoms with van der Waals surface area (Å²) in [6.45, 7) is 0. The van der Waals surface area contributed by atoms with Crippen molar-refractivity contribution in [3.63, 3.8) is 0 Å². The average molecular weight is 151 g/mol. The van der Waals surface area contributed by atoms with Crippen molar-refractivity contribution in [3.05, 3.63) is 11.2 Å². The van der Waals surface area contributed by atoms with Crippen LogP contribution in [-0.4, -0.2) is 10.7 Å². The van der Waals surface area contributed by atoms with Gasteiger partial charge in [0.1, 0.15) is 5.16 Å². The number of halogens is 2. The fraction of sp³-hybridized carbons (Fsp3) is 0.250. The monoisotopic (exact) mass is 150 g/mol. The molecule has 0 unspecified atom stereocenters. The smallest absolute Gasteiger partial charge is 0.140 e. The first-order chi connectivity index (χ1) is 3.80. The van der Waals surface area contributed by atoms with Crippen molar-refractivity contribution in [1.29, 1.82) is 0 Å². The molecule has 44 valence electrons. The second kappa shape index (κ2) is 2.37. The summed E-state index contributed by atoms with van der Waals surface area (Å²) in [4.78, 5) is 0. The van der Waals surface area contributed by atoms with Gasteiger partial charge >= 0.3 is 0 Å². The Morgan fingerprint density at radius 1 is 1.75 bits per heavy atom. The van der Waals surface area contributed by atoms with Crippen molar-refractivity contribution < 1.29 is 0 Å². The number of nitrogens with zero attached hydrogens (tertiary/aromatic N) is 2. The van der Waals surface area contributed by atoms with Crippen molar-refractivity contribution in [1.82, 2.24) is 4.53 Å². The van der Waals surface area contributed by atoms with Crippen LogP contribution in [-0.2, 0) is 0 Å². The van der Waals surface area contributed by atoms with Crippen LogP contribution in [0.4, 0.5) is 0 Å². The molecule has 4 heteroatoms. The van der Waals surface area contributed by atoms with E-state index in [9.17, 15) is 0 Å². The van der Waals surface area contributed by atoms with Crippen molar-refractivity contribution in [2.24, 2.45) is 5.10 Å². The molecule has 0 bridgehead atoms. The van der Waals surface area contributed by atoms with E-state index in [2.05, 4.69) is 5.10 Å². The zero-order valence-corrected chi connectivity index (χ0v) is 5.52. The molecule has 1 heterocycles. The SMILES string of the molecule is ClC1=CCC=NN1Cl. The third kappa shape index (κ3) is 1.14. The van der Waals surface area contributed by atoms with Crippen LogP contribution < -0.4 is 0 Å². The average Bonchev–Trinajstić information content (AvgIpc) is 1.77. The van der Waals surface area contributed by atoms with E-state index >= 15 is 0 Å². The Hall–Kier alpha value is -0.210. The quantitative estimate of drug-likeness (QED) is 0.381. The fourth-order valence-corrected chi connectivity index (χ4v) is 0.663. The van der Waals surface area contributed by atoms with Crippen LogP contribution in [0.25, 0.3) is 0 Å². The van der Waals surface area contributed by atoms with Gasteiger partial charge in [0, 0.05) is 24.4 Å². The summed E-state index contributed by atoms with van der Waals surface area (Å²) in [5.74, 6) is 0. The summed E-state index contributed by atoms with van der Waals surface area (Å²) < 4.78 is 1.10. The molecule has 0 fully saturated rings. The zero-order chi connectivity index (χ0) is 5.98. The van der Waals surface area contributed by atoms with Crippen LogP contribution in [0.5, 0.6) is 0 Å². The molecule has 1 rings (SSSR count). The third-order valence-corrected chi connectivity index (χ3v) is 1.42. The van der Waals surface area contributed by atoms with Crippen LogP contribution in [0.2, 0.25) is 0 Å². The largest absolute Gasteiger partial charge is 0.168 e. The van der Waals surface area contributed by atoms with E-state index in [0.717, 1.165) is 10.9 Å². The Bertz CT molecular complexity index is 141. The maximum atomic E-state index is 5.51. The zero-order valence-electron chi connectivity index (χ0n) is 4.01. The summed E-state index contributed by atoms with van der Waals surface area (Å²) in [5, 5.41) is 4.15. The van der Waals surface area contributed by atoms with E-state index in [1.807, 2.05) is 0 Å². The van der Waals surface area contributed by atoms with Crippen LogP contribution >= 0.6 is 23.4 Å². The molecule has 0 aromatic carbocycles. The molecule has 0 saturated heterocycles. The Balaban J connectivity index is 2.63. The number of hydrogen-bond acceptors (Lipinski definition) is 2. The summed E-state index contributed by atoms with van der Waals surface area (Å²) in [6, 6.07) is 0. The van der Waals surface area contributed by atoms with Gasteiger partial charge in [-0.3, -0.25) is 0 Å². The predicted molar refractivity (Wildman–Crippen MR) is 34.7 cm³/mol. The lowest BCUT2D eigenvalue weighted by Gasteiger charge is -2.09. The molecule has 2 nitrogen and oxygen atoms in total. The van der Waals surface area contributed by atoms with Gasteiger partial charge in [-0.25, -0.2) is 0 Å². The Morgan fingerprint density at radius 2 is 2.50 bits per heavy atom. The summed E-state index contributed by atoms with van der Waals surface area (Å²) in [6.07, 6.45) is 4.22. The lowest BCUT2D eigenvalue weighted by Crippen LogP contribution is -2.02. The van der Waals surface area contributed by atoms with Gasteiger partial charge in [-0.2, -0.15) is 9.63 Å². The molecule has 0 spiro atoms. The highest BCUT2D eigenvalue weighted by molar-refractivity contribution is 6.33. The number of allylic oxidation sites excluding steroid dienone is 1. The van der Waals surface area contributed by atoms with Crippen molar-refractivity contribution in [2.45, 2.75) is 6.42 Å². The maximum absolute atomic E-state index is 5.51. The molecule has 0 saturated carbocycles. The maximum Gasteiger partial charge on any atom is 0.140 e. The molecule has 0 aliphatic carbocycles. The van der Waals surface area contributed by atoms with Gasteiger partial charge in [0.2, 0.25) is 0 Å². The normalized spacial score (nSPS) is 18.8. The Morgan fingerprint density at radius 3 is 2.88 bits per heavy atom. The number of rotatable bonds is 0. The van der Waals surface area contributed by atoms with E-state index in [-0.39, 0.29) is 0 Å². The molecule has 0 aromatic rings. The molecule has 0 N–H and O–H groups in total. The second-order valence-corrected chi connectivity index (χ2v) is 2.03. The minimum atomic E-state index is 0.467. The summed E-state index contributed by atoms with van der Waals surface area (Å²) in [5.41, 5.74) is 0. The van der Waals surface area contributed by atoms with E-state index in [0.29, 0.717) is 5.16 Å². The number of hydrogen-bond donors (Lipinski definition) is 0. The molecule has 1 aliphatic heterocycles.